The number of hydrogen-bond donors (Lipinski definition) is 0. The van der Waals surface area contributed by atoms with Crippen LogP contribution in [0.2, 0.25) is 0 Å². The predicted octanol–water partition coefficient (Wildman–Crippen LogP) is 3.94. The third-order valence-electron chi connectivity index (χ3n) is 3.80. The smallest absolute Gasteiger partial charge is 0.0961 e. The summed E-state index contributed by atoms with van der Waals surface area (Å²) in [5, 5.41) is 1.21. The van der Waals surface area contributed by atoms with Crippen molar-refractivity contribution in [2.24, 2.45) is 0 Å². The van der Waals surface area contributed by atoms with Crippen molar-refractivity contribution in [3.05, 3.63) is 72.2 Å². The zero-order chi connectivity index (χ0) is 14.2. The molecule has 0 saturated carbocycles. The molecular formula is C18H15N3. The summed E-state index contributed by atoms with van der Waals surface area (Å²) in [6.45, 7) is 2.85. The third kappa shape index (κ3) is 2.07. The first kappa shape index (κ1) is 12.1. The minimum Gasteiger partial charge on any atom is -0.326 e. The predicted molar refractivity (Wildman–Crippen MR) is 85.3 cm³/mol. The van der Waals surface area contributed by atoms with E-state index in [1.54, 1.807) is 0 Å². The topological polar surface area (TPSA) is 30.7 Å². The zero-order valence-corrected chi connectivity index (χ0v) is 11.8. The molecule has 2 heterocycles. The first-order chi connectivity index (χ1) is 10.3. The molecule has 0 atom stereocenters. The van der Waals surface area contributed by atoms with Crippen LogP contribution in [0.4, 0.5) is 0 Å². The van der Waals surface area contributed by atoms with Gasteiger partial charge in [0.1, 0.15) is 0 Å². The Balaban J connectivity index is 1.87. The molecule has 0 aliphatic rings. The first-order valence-corrected chi connectivity index (χ1v) is 7.06. The average Bonchev–Trinajstić information content (AvgIpc) is 2.90. The molecule has 0 amide bonds. The quantitative estimate of drug-likeness (QED) is 0.554. The van der Waals surface area contributed by atoms with E-state index < -0.39 is 0 Å². The molecule has 0 unspecified atom stereocenters. The maximum atomic E-state index is 4.60. The maximum Gasteiger partial charge on any atom is 0.0961 e. The molecule has 3 nitrogen and oxygen atoms in total. The van der Waals surface area contributed by atoms with Gasteiger partial charge in [0.2, 0.25) is 0 Å². The second-order valence-corrected chi connectivity index (χ2v) is 5.30. The summed E-state index contributed by atoms with van der Waals surface area (Å²) in [6.07, 6.45) is 1.91. The number of fused-ring (bicyclic) bond motifs is 2. The molecule has 0 bridgehead atoms. The van der Waals surface area contributed by atoms with Gasteiger partial charge < -0.3 is 4.57 Å². The average molecular weight is 273 g/mol. The number of para-hydroxylation sites is 3. The van der Waals surface area contributed by atoms with Crippen molar-refractivity contribution in [1.82, 2.24) is 14.5 Å². The molecule has 4 aromatic rings. The summed E-state index contributed by atoms with van der Waals surface area (Å²) in [7, 11) is 0. The van der Waals surface area contributed by atoms with E-state index in [9.17, 15) is 0 Å². The number of hydrogen-bond acceptors (Lipinski definition) is 2. The minimum atomic E-state index is 0.810. The standard InChI is InChI=1S/C18H15N3/c1-13-10-14(15-6-2-3-7-16(15)20-13)11-21-12-19-17-8-4-5-9-18(17)21/h2-10,12H,11H2,1H3. The van der Waals surface area contributed by atoms with Crippen LogP contribution in [0.15, 0.2) is 60.9 Å². The molecule has 0 radical (unpaired) electrons. The molecule has 3 heteroatoms. The molecule has 0 N–H and O–H groups in total. The van der Waals surface area contributed by atoms with Gasteiger partial charge in [0, 0.05) is 17.6 Å². The summed E-state index contributed by atoms with van der Waals surface area (Å²) < 4.78 is 2.19. The van der Waals surface area contributed by atoms with Gasteiger partial charge in [0.15, 0.2) is 0 Å². The van der Waals surface area contributed by atoms with Crippen molar-refractivity contribution < 1.29 is 0 Å². The SMILES string of the molecule is Cc1cc(Cn2cnc3ccccc32)c2ccccc2n1. The van der Waals surface area contributed by atoms with Crippen LogP contribution in [-0.4, -0.2) is 14.5 Å². The largest absolute Gasteiger partial charge is 0.326 e. The van der Waals surface area contributed by atoms with Gasteiger partial charge in [-0.25, -0.2) is 4.98 Å². The van der Waals surface area contributed by atoms with E-state index in [4.69, 9.17) is 0 Å². The van der Waals surface area contributed by atoms with Crippen molar-refractivity contribution in [2.45, 2.75) is 13.5 Å². The molecule has 102 valence electrons. The van der Waals surface area contributed by atoms with Crippen LogP contribution < -0.4 is 0 Å². The Morgan fingerprint density at radius 3 is 2.62 bits per heavy atom. The van der Waals surface area contributed by atoms with Crippen LogP contribution in [0.3, 0.4) is 0 Å². The van der Waals surface area contributed by atoms with E-state index in [1.165, 1.54) is 10.9 Å². The van der Waals surface area contributed by atoms with Crippen molar-refractivity contribution >= 4 is 21.9 Å². The highest BCUT2D eigenvalue weighted by Crippen LogP contribution is 2.21. The van der Waals surface area contributed by atoms with Crippen LogP contribution >= 0.6 is 0 Å². The van der Waals surface area contributed by atoms with E-state index in [1.807, 2.05) is 31.5 Å². The van der Waals surface area contributed by atoms with Gasteiger partial charge in [-0.3, -0.25) is 4.98 Å². The summed E-state index contributed by atoms with van der Waals surface area (Å²) in [6, 6.07) is 18.7. The highest BCUT2D eigenvalue weighted by molar-refractivity contribution is 5.82. The fraction of sp³-hybridized carbons (Fsp3) is 0.111. The van der Waals surface area contributed by atoms with Gasteiger partial charge in [-0.1, -0.05) is 30.3 Å². The Morgan fingerprint density at radius 1 is 0.952 bits per heavy atom. The van der Waals surface area contributed by atoms with Gasteiger partial charge in [-0.2, -0.15) is 0 Å². The monoisotopic (exact) mass is 273 g/mol. The Morgan fingerprint density at radius 2 is 1.71 bits per heavy atom. The molecule has 2 aromatic heterocycles. The van der Waals surface area contributed by atoms with E-state index in [-0.39, 0.29) is 0 Å². The Labute approximate surface area is 122 Å². The third-order valence-corrected chi connectivity index (χ3v) is 3.80. The number of pyridine rings is 1. The highest BCUT2D eigenvalue weighted by Gasteiger charge is 2.07. The van der Waals surface area contributed by atoms with E-state index in [0.29, 0.717) is 0 Å². The lowest BCUT2D eigenvalue weighted by atomic mass is 10.1. The van der Waals surface area contributed by atoms with E-state index >= 15 is 0 Å². The van der Waals surface area contributed by atoms with Crippen molar-refractivity contribution in [1.29, 1.82) is 0 Å². The van der Waals surface area contributed by atoms with Crippen molar-refractivity contribution in [3.8, 4) is 0 Å². The Kier molecular flexibility index (Phi) is 2.71. The highest BCUT2D eigenvalue weighted by atomic mass is 15.0. The van der Waals surface area contributed by atoms with E-state index in [2.05, 4.69) is 50.9 Å². The molecule has 0 aliphatic carbocycles. The fourth-order valence-corrected chi connectivity index (χ4v) is 2.85. The summed E-state index contributed by atoms with van der Waals surface area (Å²) >= 11 is 0. The van der Waals surface area contributed by atoms with Crippen LogP contribution in [-0.2, 0) is 6.54 Å². The Hall–Kier alpha value is -2.68. The molecule has 0 fully saturated rings. The van der Waals surface area contributed by atoms with Gasteiger partial charge in [0.25, 0.3) is 0 Å². The van der Waals surface area contributed by atoms with Crippen LogP contribution in [0, 0.1) is 6.92 Å². The summed E-state index contributed by atoms with van der Waals surface area (Å²) in [5.41, 5.74) is 5.58. The van der Waals surface area contributed by atoms with Crippen molar-refractivity contribution in [2.75, 3.05) is 0 Å². The lowest BCUT2D eigenvalue weighted by molar-refractivity contribution is 0.828. The summed E-state index contributed by atoms with van der Waals surface area (Å²) in [4.78, 5) is 9.07. The van der Waals surface area contributed by atoms with Gasteiger partial charge in [-0.05, 0) is 36.8 Å². The number of rotatable bonds is 2. The second-order valence-electron chi connectivity index (χ2n) is 5.30. The maximum absolute atomic E-state index is 4.60. The molecular weight excluding hydrogens is 258 g/mol. The normalized spacial score (nSPS) is 11.3. The van der Waals surface area contributed by atoms with Gasteiger partial charge >= 0.3 is 0 Å². The summed E-state index contributed by atoms with van der Waals surface area (Å²) in [5.74, 6) is 0. The molecule has 0 aliphatic heterocycles. The number of benzene rings is 2. The number of aromatic nitrogens is 3. The minimum absolute atomic E-state index is 0.810. The lowest BCUT2D eigenvalue weighted by Crippen LogP contribution is -2.00. The fourth-order valence-electron chi connectivity index (χ4n) is 2.85. The number of aryl methyl sites for hydroxylation is 1. The number of nitrogens with zero attached hydrogens (tertiary/aromatic N) is 3. The van der Waals surface area contributed by atoms with Gasteiger partial charge in [0.05, 0.1) is 22.9 Å². The second kappa shape index (κ2) is 4.70. The first-order valence-electron chi connectivity index (χ1n) is 7.06. The molecule has 0 saturated heterocycles. The lowest BCUT2D eigenvalue weighted by Gasteiger charge is -2.09. The van der Waals surface area contributed by atoms with Crippen LogP contribution in [0.5, 0.6) is 0 Å². The van der Waals surface area contributed by atoms with E-state index in [0.717, 1.165) is 28.8 Å². The number of imidazole rings is 1. The van der Waals surface area contributed by atoms with Crippen LogP contribution in [0.25, 0.3) is 21.9 Å². The molecule has 0 spiro atoms. The van der Waals surface area contributed by atoms with Crippen LogP contribution in [0.1, 0.15) is 11.3 Å². The van der Waals surface area contributed by atoms with Gasteiger partial charge in [-0.15, -0.1) is 0 Å². The molecule has 21 heavy (non-hydrogen) atoms. The molecule has 4 rings (SSSR count). The van der Waals surface area contributed by atoms with Crippen molar-refractivity contribution in [3.63, 3.8) is 0 Å². The zero-order valence-electron chi connectivity index (χ0n) is 11.8. The molecule has 2 aromatic carbocycles. The Bertz CT molecular complexity index is 937.